The van der Waals surface area contributed by atoms with E-state index >= 15 is 0 Å². The van der Waals surface area contributed by atoms with Crippen molar-refractivity contribution >= 4 is 22.4 Å². The van der Waals surface area contributed by atoms with Gasteiger partial charge in [0.1, 0.15) is 0 Å². The van der Waals surface area contributed by atoms with Crippen molar-refractivity contribution < 1.29 is 9.53 Å². The zero-order valence-electron chi connectivity index (χ0n) is 13.1. The van der Waals surface area contributed by atoms with Gasteiger partial charge in [-0.1, -0.05) is 19.8 Å². The Morgan fingerprint density at radius 1 is 1.43 bits per heavy atom. The maximum absolute atomic E-state index is 11.1. The Kier molecular flexibility index (Phi) is 6.49. The second-order valence-corrected chi connectivity index (χ2v) is 6.73. The second kappa shape index (κ2) is 8.37. The molecule has 0 bridgehead atoms. The molecule has 5 heteroatoms. The standard InChI is InChI=1S/C16H26N2O2S/c1-3-4-12-5-7-13(8-6-12)17-16-18-14(11-21-16)9-10-15(19)20-2/h11-13H,3-10H2,1-2H3,(H,17,18). The highest BCUT2D eigenvalue weighted by Crippen LogP contribution is 2.30. The Bertz CT molecular complexity index is 439. The number of aromatic nitrogens is 1. The van der Waals surface area contributed by atoms with E-state index in [0.717, 1.165) is 16.7 Å². The lowest BCUT2D eigenvalue weighted by Crippen LogP contribution is -2.26. The van der Waals surface area contributed by atoms with Crippen LogP contribution in [-0.2, 0) is 16.0 Å². The van der Waals surface area contributed by atoms with E-state index < -0.39 is 0 Å². The van der Waals surface area contributed by atoms with Gasteiger partial charge in [-0.05, 0) is 31.6 Å². The molecule has 118 valence electrons. The number of ether oxygens (including phenoxy) is 1. The van der Waals surface area contributed by atoms with Gasteiger partial charge in [0.05, 0.1) is 19.2 Å². The molecule has 0 radical (unpaired) electrons. The summed E-state index contributed by atoms with van der Waals surface area (Å²) in [5.41, 5.74) is 0.979. The van der Waals surface area contributed by atoms with Crippen LogP contribution in [0.2, 0.25) is 0 Å². The maximum atomic E-state index is 11.1. The molecule has 1 heterocycles. The van der Waals surface area contributed by atoms with Gasteiger partial charge < -0.3 is 10.1 Å². The summed E-state index contributed by atoms with van der Waals surface area (Å²) in [7, 11) is 1.42. The number of hydrogen-bond acceptors (Lipinski definition) is 5. The van der Waals surface area contributed by atoms with E-state index in [9.17, 15) is 4.79 Å². The van der Waals surface area contributed by atoms with Crippen LogP contribution in [0.15, 0.2) is 5.38 Å². The molecule has 21 heavy (non-hydrogen) atoms. The van der Waals surface area contributed by atoms with Crippen molar-refractivity contribution in [3.8, 4) is 0 Å². The van der Waals surface area contributed by atoms with Crippen molar-refractivity contribution in [2.45, 2.75) is 64.3 Å². The van der Waals surface area contributed by atoms with E-state index in [-0.39, 0.29) is 5.97 Å². The monoisotopic (exact) mass is 310 g/mol. The third-order valence-corrected chi connectivity index (χ3v) is 5.06. The lowest BCUT2D eigenvalue weighted by atomic mass is 9.83. The summed E-state index contributed by atoms with van der Waals surface area (Å²) in [4.78, 5) is 15.7. The van der Waals surface area contributed by atoms with Crippen LogP contribution in [0.3, 0.4) is 0 Å². The van der Waals surface area contributed by atoms with E-state index in [2.05, 4.69) is 22.0 Å². The minimum absolute atomic E-state index is 0.174. The van der Waals surface area contributed by atoms with Gasteiger partial charge in [0, 0.05) is 17.8 Å². The summed E-state index contributed by atoms with van der Waals surface area (Å²) >= 11 is 1.64. The number of nitrogens with one attached hydrogen (secondary N) is 1. The largest absolute Gasteiger partial charge is 0.469 e. The molecule has 4 nitrogen and oxygen atoms in total. The Hall–Kier alpha value is -1.10. The molecule has 2 rings (SSSR count). The van der Waals surface area contributed by atoms with Crippen molar-refractivity contribution in [3.05, 3.63) is 11.1 Å². The number of rotatable bonds is 7. The highest BCUT2D eigenvalue weighted by Gasteiger charge is 2.21. The number of esters is 1. The summed E-state index contributed by atoms with van der Waals surface area (Å²) in [6, 6.07) is 0.567. The average molecular weight is 310 g/mol. The first kappa shape index (κ1) is 16.3. The third-order valence-electron chi connectivity index (χ3n) is 4.24. The molecule has 0 aromatic carbocycles. The molecule has 0 atom stereocenters. The fourth-order valence-electron chi connectivity index (χ4n) is 3.00. The Labute approximate surface area is 131 Å². The molecule has 1 aliphatic rings. The maximum Gasteiger partial charge on any atom is 0.305 e. The van der Waals surface area contributed by atoms with Crippen molar-refractivity contribution in [2.24, 2.45) is 5.92 Å². The first-order valence-corrected chi connectivity index (χ1v) is 8.87. The smallest absolute Gasteiger partial charge is 0.305 e. The lowest BCUT2D eigenvalue weighted by Gasteiger charge is -2.28. The van der Waals surface area contributed by atoms with Crippen molar-refractivity contribution in [1.29, 1.82) is 0 Å². The zero-order chi connectivity index (χ0) is 15.1. The van der Waals surface area contributed by atoms with E-state index in [1.807, 2.05) is 5.38 Å². The van der Waals surface area contributed by atoms with Crippen LogP contribution in [-0.4, -0.2) is 24.1 Å². The van der Waals surface area contributed by atoms with Gasteiger partial charge in [0.15, 0.2) is 5.13 Å². The second-order valence-electron chi connectivity index (χ2n) is 5.87. The molecule has 1 aliphatic carbocycles. The van der Waals surface area contributed by atoms with Crippen LogP contribution in [0.1, 0.15) is 57.6 Å². The van der Waals surface area contributed by atoms with Crippen molar-refractivity contribution in [3.63, 3.8) is 0 Å². The molecule has 0 spiro atoms. The Balaban J connectivity index is 1.74. The third kappa shape index (κ3) is 5.30. The first-order chi connectivity index (χ1) is 10.2. The van der Waals surface area contributed by atoms with Crippen LogP contribution >= 0.6 is 11.3 Å². The number of carbonyl (C=O) groups excluding carboxylic acids is 1. The van der Waals surface area contributed by atoms with Crippen LogP contribution in [0.4, 0.5) is 5.13 Å². The normalized spacial score (nSPS) is 22.0. The Morgan fingerprint density at radius 2 is 2.19 bits per heavy atom. The van der Waals surface area contributed by atoms with Crippen LogP contribution in [0.25, 0.3) is 0 Å². The molecule has 1 N–H and O–H groups in total. The van der Waals surface area contributed by atoms with E-state index in [1.165, 1.54) is 45.6 Å². The van der Waals surface area contributed by atoms with Gasteiger partial charge in [-0.3, -0.25) is 4.79 Å². The van der Waals surface area contributed by atoms with Gasteiger partial charge in [0.25, 0.3) is 0 Å². The first-order valence-electron chi connectivity index (χ1n) is 7.99. The molecule has 0 amide bonds. The van der Waals surface area contributed by atoms with E-state index in [0.29, 0.717) is 18.9 Å². The molecule has 0 unspecified atom stereocenters. The van der Waals surface area contributed by atoms with Crippen molar-refractivity contribution in [2.75, 3.05) is 12.4 Å². The molecular weight excluding hydrogens is 284 g/mol. The molecule has 0 aliphatic heterocycles. The minimum atomic E-state index is -0.174. The quantitative estimate of drug-likeness (QED) is 0.773. The highest BCUT2D eigenvalue weighted by molar-refractivity contribution is 7.13. The molecule has 0 saturated heterocycles. The number of aryl methyl sites for hydroxylation is 1. The average Bonchev–Trinajstić information content (AvgIpc) is 2.94. The van der Waals surface area contributed by atoms with E-state index in [4.69, 9.17) is 0 Å². The number of thiazole rings is 1. The summed E-state index contributed by atoms with van der Waals surface area (Å²) in [6.45, 7) is 2.27. The number of anilines is 1. The Morgan fingerprint density at radius 3 is 2.86 bits per heavy atom. The fraction of sp³-hybridized carbons (Fsp3) is 0.750. The van der Waals surface area contributed by atoms with Crippen LogP contribution in [0.5, 0.6) is 0 Å². The minimum Gasteiger partial charge on any atom is -0.469 e. The molecule has 1 aromatic rings. The summed E-state index contributed by atoms with van der Waals surface area (Å²) < 4.78 is 4.65. The van der Waals surface area contributed by atoms with Crippen LogP contribution in [0, 0.1) is 5.92 Å². The summed E-state index contributed by atoms with van der Waals surface area (Å²) in [6.07, 6.45) is 8.93. The van der Waals surface area contributed by atoms with E-state index in [1.54, 1.807) is 11.3 Å². The zero-order valence-corrected chi connectivity index (χ0v) is 13.9. The summed E-state index contributed by atoms with van der Waals surface area (Å²) in [5, 5.41) is 6.59. The molecule has 1 saturated carbocycles. The van der Waals surface area contributed by atoms with Crippen molar-refractivity contribution in [1.82, 2.24) is 4.98 Å². The van der Waals surface area contributed by atoms with Gasteiger partial charge in [-0.2, -0.15) is 0 Å². The highest BCUT2D eigenvalue weighted by atomic mass is 32.1. The van der Waals surface area contributed by atoms with Gasteiger partial charge in [-0.15, -0.1) is 11.3 Å². The predicted octanol–water partition coefficient (Wildman–Crippen LogP) is 4.02. The topological polar surface area (TPSA) is 51.2 Å². The number of methoxy groups -OCH3 is 1. The molecular formula is C16H26N2O2S. The fourth-order valence-corrected chi connectivity index (χ4v) is 3.82. The number of carbonyl (C=O) groups is 1. The lowest BCUT2D eigenvalue weighted by molar-refractivity contribution is -0.140. The summed E-state index contributed by atoms with van der Waals surface area (Å²) in [5.74, 6) is 0.756. The molecule has 1 aromatic heterocycles. The van der Waals surface area contributed by atoms with Gasteiger partial charge >= 0.3 is 5.97 Å². The molecule has 1 fully saturated rings. The number of nitrogens with zero attached hydrogens (tertiary/aromatic N) is 1. The van der Waals surface area contributed by atoms with Gasteiger partial charge in [0.2, 0.25) is 0 Å². The SMILES string of the molecule is CCCC1CCC(Nc2nc(CCC(=O)OC)cs2)CC1. The number of hydrogen-bond donors (Lipinski definition) is 1. The van der Waals surface area contributed by atoms with Crippen LogP contribution < -0.4 is 5.32 Å². The van der Waals surface area contributed by atoms with Gasteiger partial charge in [-0.25, -0.2) is 4.98 Å². The predicted molar refractivity (Wildman–Crippen MR) is 86.7 cm³/mol.